The number of rotatable bonds is 1. The molecule has 2 rings (SSSR count). The Morgan fingerprint density at radius 2 is 2.36 bits per heavy atom. The van der Waals surface area contributed by atoms with Gasteiger partial charge in [0.2, 0.25) is 0 Å². The van der Waals surface area contributed by atoms with Crippen LogP contribution in [0.2, 0.25) is 0 Å². The van der Waals surface area contributed by atoms with Crippen molar-refractivity contribution in [1.29, 1.82) is 0 Å². The molecule has 1 aliphatic rings. The van der Waals surface area contributed by atoms with E-state index in [2.05, 4.69) is 25.6 Å². The lowest BCUT2D eigenvalue weighted by Gasteiger charge is -2.15. The van der Waals surface area contributed by atoms with Gasteiger partial charge in [-0.3, -0.25) is 0 Å². The molecule has 0 aliphatic carbocycles. The fraction of sp³-hybridized carbons (Fsp3) is 0.125. The Labute approximate surface area is 93.0 Å². The maximum absolute atomic E-state index is 13.3. The molecule has 3 nitrogen and oxygen atoms in total. The molecule has 0 aromatic heterocycles. The van der Waals surface area contributed by atoms with Gasteiger partial charge in [-0.2, -0.15) is 0 Å². The molecule has 0 unspecified atom stereocenters. The Hall–Kier alpha value is -0.750. The van der Waals surface area contributed by atoms with Crippen LogP contribution < -0.4 is 9.46 Å². The second-order valence-electron chi connectivity index (χ2n) is 2.53. The highest BCUT2D eigenvalue weighted by Gasteiger charge is 2.19. The van der Waals surface area contributed by atoms with Gasteiger partial charge >= 0.3 is 0 Å². The summed E-state index contributed by atoms with van der Waals surface area (Å²) in [5.74, 6) is 0.259. The van der Waals surface area contributed by atoms with E-state index in [1.165, 1.54) is 25.1 Å². The zero-order chi connectivity index (χ0) is 10.1. The van der Waals surface area contributed by atoms with E-state index < -0.39 is 0 Å². The number of halogens is 2. The zero-order valence-electron chi connectivity index (χ0n) is 7.17. The average Bonchev–Trinajstić information content (AvgIpc) is 2.18. The third kappa shape index (κ3) is 1.59. The fourth-order valence-corrected chi connectivity index (χ4v) is 2.17. The first-order valence-corrected chi connectivity index (χ1v) is 5.37. The topological polar surface area (TPSA) is 33.6 Å². The molecule has 1 aromatic rings. The number of hydrogen-bond acceptors (Lipinski definition) is 4. The summed E-state index contributed by atoms with van der Waals surface area (Å²) in [6.45, 7) is 0. The van der Waals surface area contributed by atoms with Crippen molar-refractivity contribution in [3.63, 3.8) is 0 Å². The van der Waals surface area contributed by atoms with Crippen LogP contribution in [0.3, 0.4) is 0 Å². The fourth-order valence-electron chi connectivity index (χ4n) is 1.11. The van der Waals surface area contributed by atoms with Gasteiger partial charge < -0.3 is 9.46 Å². The van der Waals surface area contributed by atoms with Crippen molar-refractivity contribution in [3.8, 4) is 5.75 Å². The van der Waals surface area contributed by atoms with Crippen molar-refractivity contribution in [2.24, 2.45) is 4.99 Å². The molecule has 1 aliphatic heterocycles. The van der Waals surface area contributed by atoms with Crippen LogP contribution in [0.25, 0.3) is 0 Å². The highest BCUT2D eigenvalue weighted by Crippen LogP contribution is 2.41. The van der Waals surface area contributed by atoms with Crippen LogP contribution in [0.15, 0.2) is 22.0 Å². The molecule has 74 valence electrons. The summed E-state index contributed by atoms with van der Waals surface area (Å²) in [6, 6.07) is 2.92. The van der Waals surface area contributed by atoms with E-state index in [1.54, 1.807) is 6.07 Å². The first-order chi connectivity index (χ1) is 6.72. The molecule has 0 bridgehead atoms. The van der Waals surface area contributed by atoms with Crippen LogP contribution in [0.4, 0.5) is 10.1 Å². The van der Waals surface area contributed by atoms with Crippen LogP contribution in [0, 0.1) is 5.82 Å². The first-order valence-electron chi connectivity index (χ1n) is 3.76. The minimum atomic E-state index is -0.304. The van der Waals surface area contributed by atoms with E-state index in [-0.39, 0.29) is 5.82 Å². The molecule has 0 spiro atoms. The second-order valence-corrected chi connectivity index (χ2v) is 4.10. The monoisotopic (exact) mass is 276 g/mol. The second kappa shape index (κ2) is 3.78. The summed E-state index contributed by atoms with van der Waals surface area (Å²) < 4.78 is 21.8. The smallest absolute Gasteiger partial charge is 0.181 e. The number of hydrogen-bond donors (Lipinski definition) is 1. The quantitative estimate of drug-likeness (QED) is 0.633. The van der Waals surface area contributed by atoms with Crippen LogP contribution in [0.1, 0.15) is 0 Å². The van der Waals surface area contributed by atoms with Crippen molar-refractivity contribution >= 4 is 38.3 Å². The number of nitrogens with one attached hydrogen (secondary N) is 1. The summed E-state index contributed by atoms with van der Waals surface area (Å²) in [5, 5.41) is 0. The number of benzene rings is 1. The Morgan fingerprint density at radius 1 is 1.57 bits per heavy atom. The van der Waals surface area contributed by atoms with Gasteiger partial charge in [0.1, 0.15) is 17.3 Å². The minimum Gasteiger partial charge on any atom is -0.494 e. The number of nitrogens with zero attached hydrogens (tertiary/aromatic N) is 1. The molecule has 0 saturated carbocycles. The Morgan fingerprint density at radius 3 is 3.07 bits per heavy atom. The highest BCUT2D eigenvalue weighted by atomic mass is 79.9. The van der Waals surface area contributed by atoms with Crippen molar-refractivity contribution < 1.29 is 9.13 Å². The van der Waals surface area contributed by atoms with Crippen molar-refractivity contribution in [2.45, 2.75) is 4.90 Å². The molecule has 0 radical (unpaired) electrons. The van der Waals surface area contributed by atoms with Gasteiger partial charge in [0.25, 0.3) is 0 Å². The number of amidine groups is 1. The van der Waals surface area contributed by atoms with Crippen LogP contribution in [0.5, 0.6) is 5.75 Å². The first kappa shape index (κ1) is 9.79. The molecule has 1 N–H and O–H groups in total. The van der Waals surface area contributed by atoms with E-state index in [0.29, 0.717) is 21.1 Å². The van der Waals surface area contributed by atoms with Gasteiger partial charge in [-0.05, 0) is 40.0 Å². The third-order valence-corrected chi connectivity index (χ3v) is 3.24. The van der Waals surface area contributed by atoms with Gasteiger partial charge in [0.15, 0.2) is 4.74 Å². The Bertz CT molecular complexity index is 411. The largest absolute Gasteiger partial charge is 0.494 e. The van der Waals surface area contributed by atoms with E-state index in [9.17, 15) is 4.39 Å². The number of aliphatic imine (C=N–C) groups is 1. The third-order valence-electron chi connectivity index (χ3n) is 1.71. The van der Waals surface area contributed by atoms with Gasteiger partial charge in [0, 0.05) is 0 Å². The molecule has 0 saturated heterocycles. The van der Waals surface area contributed by atoms with Gasteiger partial charge in [-0.25, -0.2) is 9.38 Å². The SMILES string of the molecule is COc1ccc(F)c2c1N=C(Br)NS2. The number of ether oxygens (including phenoxy) is 1. The average molecular weight is 277 g/mol. The summed E-state index contributed by atoms with van der Waals surface area (Å²) in [4.78, 5) is 4.57. The summed E-state index contributed by atoms with van der Waals surface area (Å²) >= 11 is 4.36. The summed E-state index contributed by atoms with van der Waals surface area (Å²) in [7, 11) is 1.53. The lowest BCUT2D eigenvalue weighted by atomic mass is 10.3. The molecule has 6 heteroatoms. The summed E-state index contributed by atoms with van der Waals surface area (Å²) in [5.41, 5.74) is 0.517. The lowest BCUT2D eigenvalue weighted by Crippen LogP contribution is -2.12. The lowest BCUT2D eigenvalue weighted by molar-refractivity contribution is 0.413. The minimum absolute atomic E-state index is 0.304. The van der Waals surface area contributed by atoms with Gasteiger partial charge in [0.05, 0.1) is 12.0 Å². The number of fused-ring (bicyclic) bond motifs is 1. The molecular formula is C8H6BrFN2OS. The van der Waals surface area contributed by atoms with Gasteiger partial charge in [-0.1, -0.05) is 0 Å². The standard InChI is InChI=1S/C8H6BrFN2OS/c1-13-5-3-2-4(10)7-6(5)11-8(9)12-14-7/h2-3H,1H3,(H,11,12). The van der Waals surface area contributed by atoms with Crippen molar-refractivity contribution in [1.82, 2.24) is 4.72 Å². The molecule has 1 heterocycles. The van der Waals surface area contributed by atoms with Crippen LogP contribution in [-0.4, -0.2) is 11.9 Å². The zero-order valence-corrected chi connectivity index (χ0v) is 9.58. The van der Waals surface area contributed by atoms with Crippen molar-refractivity contribution in [3.05, 3.63) is 17.9 Å². The summed E-state index contributed by atoms with van der Waals surface area (Å²) in [6.07, 6.45) is 0. The highest BCUT2D eigenvalue weighted by molar-refractivity contribution is 9.18. The van der Waals surface area contributed by atoms with Crippen LogP contribution >= 0.6 is 27.9 Å². The molecule has 0 amide bonds. The molecule has 1 aromatic carbocycles. The Balaban J connectivity index is 2.62. The molecule has 0 atom stereocenters. The van der Waals surface area contributed by atoms with E-state index in [0.717, 1.165) is 0 Å². The molecule has 14 heavy (non-hydrogen) atoms. The van der Waals surface area contributed by atoms with E-state index in [4.69, 9.17) is 4.74 Å². The van der Waals surface area contributed by atoms with Gasteiger partial charge in [-0.15, -0.1) is 0 Å². The molecule has 0 fully saturated rings. The van der Waals surface area contributed by atoms with E-state index >= 15 is 0 Å². The van der Waals surface area contributed by atoms with Crippen LogP contribution in [-0.2, 0) is 0 Å². The molecular weight excluding hydrogens is 271 g/mol. The Kier molecular flexibility index (Phi) is 2.64. The maximum Gasteiger partial charge on any atom is 0.181 e. The van der Waals surface area contributed by atoms with E-state index in [1.807, 2.05) is 0 Å². The normalized spacial score (nSPS) is 14.1. The number of methoxy groups -OCH3 is 1. The maximum atomic E-state index is 13.3. The predicted octanol–water partition coefficient (Wildman–Crippen LogP) is 2.83. The van der Waals surface area contributed by atoms with Crippen molar-refractivity contribution in [2.75, 3.05) is 7.11 Å². The predicted molar refractivity (Wildman–Crippen MR) is 58.0 cm³/mol.